The van der Waals surface area contributed by atoms with E-state index in [1.54, 1.807) is 0 Å². The molecule has 0 spiro atoms. The maximum absolute atomic E-state index is 12.7. The predicted molar refractivity (Wildman–Crippen MR) is 75.5 cm³/mol. The summed E-state index contributed by atoms with van der Waals surface area (Å²) in [6, 6.07) is 4.78. The normalized spacial score (nSPS) is 18.2. The third-order valence-electron chi connectivity index (χ3n) is 2.57. The van der Waals surface area contributed by atoms with E-state index < -0.39 is 11.7 Å². The second-order valence-electron chi connectivity index (χ2n) is 3.94. The topological polar surface area (TPSA) is 58.2 Å². The maximum Gasteiger partial charge on any atom is 0.257 e. The average Bonchev–Trinajstić information content (AvgIpc) is 2.75. The zero-order valence-corrected chi connectivity index (χ0v) is 11.4. The van der Waals surface area contributed by atoms with E-state index in [2.05, 4.69) is 10.6 Å². The SMILES string of the molecule is O=C(NC(=S)NC1CCSC1=O)c1ccc(F)cc1. The van der Waals surface area contributed by atoms with E-state index in [0.717, 1.165) is 5.75 Å². The van der Waals surface area contributed by atoms with Crippen LogP contribution < -0.4 is 10.6 Å². The molecule has 0 radical (unpaired) electrons. The zero-order valence-electron chi connectivity index (χ0n) is 9.81. The Bertz CT molecular complexity index is 519. The molecule has 4 nitrogen and oxygen atoms in total. The maximum atomic E-state index is 12.7. The van der Waals surface area contributed by atoms with Crippen molar-refractivity contribution in [1.29, 1.82) is 0 Å². The highest BCUT2D eigenvalue weighted by Gasteiger charge is 2.26. The molecule has 1 saturated heterocycles. The second-order valence-corrected chi connectivity index (χ2v) is 5.45. The Kier molecular flexibility index (Phi) is 4.49. The van der Waals surface area contributed by atoms with Gasteiger partial charge >= 0.3 is 0 Å². The molecule has 1 amide bonds. The molecule has 1 aromatic carbocycles. The molecule has 100 valence electrons. The summed E-state index contributed by atoms with van der Waals surface area (Å²) in [5.41, 5.74) is 0.303. The van der Waals surface area contributed by atoms with Crippen LogP contribution in [0.2, 0.25) is 0 Å². The van der Waals surface area contributed by atoms with Crippen molar-refractivity contribution in [1.82, 2.24) is 10.6 Å². The molecule has 1 fully saturated rings. The summed E-state index contributed by atoms with van der Waals surface area (Å²) in [5, 5.41) is 5.39. The molecular formula is C12H11FN2O2S2. The van der Waals surface area contributed by atoms with Gasteiger partial charge in [0.25, 0.3) is 5.91 Å². The molecule has 1 aliphatic rings. The van der Waals surface area contributed by atoms with Crippen LogP contribution >= 0.6 is 24.0 Å². The van der Waals surface area contributed by atoms with Gasteiger partial charge in [-0.25, -0.2) is 4.39 Å². The number of rotatable bonds is 2. The van der Waals surface area contributed by atoms with Crippen molar-refractivity contribution in [3.05, 3.63) is 35.6 Å². The van der Waals surface area contributed by atoms with Crippen molar-refractivity contribution in [2.45, 2.75) is 12.5 Å². The van der Waals surface area contributed by atoms with Crippen LogP contribution in [0, 0.1) is 5.82 Å². The van der Waals surface area contributed by atoms with Crippen molar-refractivity contribution in [3.8, 4) is 0 Å². The summed E-state index contributed by atoms with van der Waals surface area (Å²) in [7, 11) is 0. The first-order chi connectivity index (χ1) is 9.06. The van der Waals surface area contributed by atoms with Gasteiger partial charge in [-0.2, -0.15) is 0 Å². The number of hydrogen-bond acceptors (Lipinski definition) is 4. The Labute approximate surface area is 119 Å². The highest BCUT2D eigenvalue weighted by molar-refractivity contribution is 8.14. The zero-order chi connectivity index (χ0) is 13.8. The lowest BCUT2D eigenvalue weighted by molar-refractivity contribution is -0.111. The van der Waals surface area contributed by atoms with Crippen molar-refractivity contribution < 1.29 is 14.0 Å². The van der Waals surface area contributed by atoms with Gasteiger partial charge in [-0.05, 0) is 42.9 Å². The molecular weight excluding hydrogens is 287 g/mol. The number of hydrogen-bond donors (Lipinski definition) is 2. The van der Waals surface area contributed by atoms with Crippen LogP contribution in [0.1, 0.15) is 16.8 Å². The lowest BCUT2D eigenvalue weighted by atomic mass is 10.2. The molecule has 0 bridgehead atoms. The van der Waals surface area contributed by atoms with Crippen LogP contribution in [-0.4, -0.2) is 27.9 Å². The number of carbonyl (C=O) groups is 2. The quantitative estimate of drug-likeness (QED) is 0.810. The van der Waals surface area contributed by atoms with Gasteiger partial charge in [-0.15, -0.1) is 0 Å². The van der Waals surface area contributed by atoms with Crippen LogP contribution in [0.4, 0.5) is 4.39 Å². The molecule has 1 aliphatic heterocycles. The standard InChI is InChI=1S/C12H11FN2O2S2/c13-8-3-1-7(2-4-8)10(16)15-12(18)14-9-5-6-19-11(9)17/h1-4,9H,5-6H2,(H2,14,15,16,18). The van der Waals surface area contributed by atoms with Crippen molar-refractivity contribution in [2.24, 2.45) is 0 Å². The first-order valence-corrected chi connectivity index (χ1v) is 6.99. The van der Waals surface area contributed by atoms with Crippen LogP contribution in [0.5, 0.6) is 0 Å². The lowest BCUT2D eigenvalue weighted by Gasteiger charge is -2.13. The van der Waals surface area contributed by atoms with Crippen molar-refractivity contribution in [2.75, 3.05) is 5.75 Å². The van der Waals surface area contributed by atoms with Crippen molar-refractivity contribution >= 4 is 40.1 Å². The molecule has 0 aliphatic carbocycles. The van der Waals surface area contributed by atoms with Gasteiger partial charge in [0.1, 0.15) is 5.82 Å². The summed E-state index contributed by atoms with van der Waals surface area (Å²) in [4.78, 5) is 23.2. The fourth-order valence-electron chi connectivity index (χ4n) is 1.60. The number of carbonyl (C=O) groups excluding carboxylic acids is 2. The number of halogens is 1. The third kappa shape index (κ3) is 3.74. The molecule has 1 atom stereocenters. The smallest absolute Gasteiger partial charge is 0.257 e. The minimum atomic E-state index is -0.435. The Morgan fingerprint density at radius 1 is 1.37 bits per heavy atom. The average molecular weight is 298 g/mol. The first-order valence-electron chi connectivity index (χ1n) is 5.60. The van der Waals surface area contributed by atoms with Crippen LogP contribution in [0.25, 0.3) is 0 Å². The predicted octanol–water partition coefficient (Wildman–Crippen LogP) is 1.46. The highest BCUT2D eigenvalue weighted by Crippen LogP contribution is 2.19. The fraction of sp³-hybridized carbons (Fsp3) is 0.250. The molecule has 7 heteroatoms. The fourth-order valence-corrected chi connectivity index (χ4v) is 2.77. The van der Waals surface area contributed by atoms with Gasteiger partial charge < -0.3 is 5.32 Å². The number of amides is 1. The Morgan fingerprint density at radius 3 is 2.63 bits per heavy atom. The van der Waals surface area contributed by atoms with E-state index in [1.165, 1.54) is 36.0 Å². The molecule has 1 aromatic rings. The Hall–Kier alpha value is -1.47. The molecule has 2 N–H and O–H groups in total. The molecule has 0 aromatic heterocycles. The number of thiocarbonyl (C=S) groups is 1. The van der Waals surface area contributed by atoms with Gasteiger partial charge in [0, 0.05) is 11.3 Å². The van der Waals surface area contributed by atoms with Gasteiger partial charge in [0.15, 0.2) is 5.11 Å². The lowest BCUT2D eigenvalue weighted by Crippen LogP contribution is -2.45. The van der Waals surface area contributed by atoms with E-state index in [9.17, 15) is 14.0 Å². The van der Waals surface area contributed by atoms with Crippen LogP contribution in [0.15, 0.2) is 24.3 Å². The van der Waals surface area contributed by atoms with E-state index in [-0.39, 0.29) is 16.3 Å². The van der Waals surface area contributed by atoms with Gasteiger partial charge in [0.05, 0.1) is 6.04 Å². The molecule has 1 unspecified atom stereocenters. The summed E-state index contributed by atoms with van der Waals surface area (Å²) in [5.74, 6) is -0.0909. The largest absolute Gasteiger partial charge is 0.352 e. The minimum Gasteiger partial charge on any atom is -0.352 e. The molecule has 2 rings (SSSR count). The number of benzene rings is 1. The number of thioether (sulfide) groups is 1. The second kappa shape index (κ2) is 6.12. The molecule has 0 saturated carbocycles. The van der Waals surface area contributed by atoms with Crippen molar-refractivity contribution in [3.63, 3.8) is 0 Å². The van der Waals surface area contributed by atoms with E-state index in [1.807, 2.05) is 0 Å². The van der Waals surface area contributed by atoms with E-state index in [4.69, 9.17) is 12.2 Å². The van der Waals surface area contributed by atoms with Gasteiger partial charge in [-0.1, -0.05) is 11.8 Å². The van der Waals surface area contributed by atoms with E-state index in [0.29, 0.717) is 12.0 Å². The Balaban J connectivity index is 1.90. The van der Waals surface area contributed by atoms with Gasteiger partial charge in [0.2, 0.25) is 5.12 Å². The summed E-state index contributed by atoms with van der Waals surface area (Å²) in [6.45, 7) is 0. The molecule has 1 heterocycles. The highest BCUT2D eigenvalue weighted by atomic mass is 32.2. The van der Waals surface area contributed by atoms with Gasteiger partial charge in [-0.3, -0.25) is 14.9 Å². The monoisotopic (exact) mass is 298 g/mol. The van der Waals surface area contributed by atoms with Crippen LogP contribution in [-0.2, 0) is 4.79 Å². The minimum absolute atomic E-state index is 0.0263. The summed E-state index contributed by atoms with van der Waals surface area (Å²) >= 11 is 6.22. The molecule has 19 heavy (non-hydrogen) atoms. The number of nitrogens with one attached hydrogen (secondary N) is 2. The third-order valence-corrected chi connectivity index (χ3v) is 3.80. The summed E-state index contributed by atoms with van der Waals surface area (Å²) in [6.07, 6.45) is 0.691. The first kappa shape index (κ1) is 14.0. The van der Waals surface area contributed by atoms with Crippen LogP contribution in [0.3, 0.4) is 0 Å². The summed E-state index contributed by atoms with van der Waals surface area (Å²) < 4.78 is 12.7. The van der Waals surface area contributed by atoms with E-state index >= 15 is 0 Å². The Morgan fingerprint density at radius 2 is 2.05 bits per heavy atom.